The van der Waals surface area contributed by atoms with Gasteiger partial charge < -0.3 is 14.8 Å². The number of amides is 1. The van der Waals surface area contributed by atoms with Crippen molar-refractivity contribution in [3.05, 3.63) is 47.7 Å². The zero-order valence-corrected chi connectivity index (χ0v) is 11.9. The number of aliphatic hydroxyl groups is 1. The van der Waals surface area contributed by atoms with Gasteiger partial charge in [-0.1, -0.05) is 29.8 Å². The van der Waals surface area contributed by atoms with E-state index in [1.165, 1.54) is 5.56 Å². The van der Waals surface area contributed by atoms with E-state index in [1.54, 1.807) is 26.0 Å². The minimum Gasteiger partial charge on any atom is -0.451 e. The summed E-state index contributed by atoms with van der Waals surface area (Å²) in [5, 5.41) is 11.9. The van der Waals surface area contributed by atoms with Crippen LogP contribution in [0.5, 0.6) is 0 Å². The standard InChI is InChI=1S/C16H19NO3/c1-11-4-6-12(7-5-11)13-8-9-14(20-13)15(19)17-16(2,3)10-18/h4-9,18H,10H2,1-3H3,(H,17,19). The Bertz CT molecular complexity index is 596. The summed E-state index contributed by atoms with van der Waals surface area (Å²) in [5.41, 5.74) is 1.42. The molecular weight excluding hydrogens is 254 g/mol. The van der Waals surface area contributed by atoms with Gasteiger partial charge >= 0.3 is 0 Å². The second kappa shape index (κ2) is 5.51. The highest BCUT2D eigenvalue weighted by molar-refractivity contribution is 5.92. The van der Waals surface area contributed by atoms with E-state index in [9.17, 15) is 4.79 Å². The normalized spacial score (nSPS) is 11.4. The third-order valence-electron chi connectivity index (χ3n) is 3.01. The van der Waals surface area contributed by atoms with Gasteiger partial charge in [0, 0.05) is 5.56 Å². The Balaban J connectivity index is 2.17. The van der Waals surface area contributed by atoms with Crippen molar-refractivity contribution in [1.29, 1.82) is 0 Å². The van der Waals surface area contributed by atoms with Crippen molar-refractivity contribution in [2.24, 2.45) is 0 Å². The van der Waals surface area contributed by atoms with E-state index in [-0.39, 0.29) is 18.3 Å². The van der Waals surface area contributed by atoms with Gasteiger partial charge in [0.25, 0.3) is 5.91 Å². The van der Waals surface area contributed by atoms with Gasteiger partial charge in [-0.3, -0.25) is 4.79 Å². The van der Waals surface area contributed by atoms with Crippen molar-refractivity contribution in [3.63, 3.8) is 0 Å². The van der Waals surface area contributed by atoms with E-state index in [2.05, 4.69) is 5.32 Å². The molecule has 0 atom stereocenters. The van der Waals surface area contributed by atoms with Crippen LogP contribution in [-0.2, 0) is 0 Å². The number of hydrogen-bond donors (Lipinski definition) is 2. The largest absolute Gasteiger partial charge is 0.451 e. The quantitative estimate of drug-likeness (QED) is 0.900. The van der Waals surface area contributed by atoms with E-state index in [0.29, 0.717) is 5.76 Å². The van der Waals surface area contributed by atoms with Crippen LogP contribution < -0.4 is 5.32 Å². The summed E-state index contributed by atoms with van der Waals surface area (Å²) in [6.07, 6.45) is 0. The van der Waals surface area contributed by atoms with Crippen LogP contribution in [0.2, 0.25) is 0 Å². The first-order valence-corrected chi connectivity index (χ1v) is 6.51. The van der Waals surface area contributed by atoms with Gasteiger partial charge in [0.15, 0.2) is 5.76 Å². The van der Waals surface area contributed by atoms with Crippen molar-refractivity contribution in [2.45, 2.75) is 26.3 Å². The van der Waals surface area contributed by atoms with Crippen molar-refractivity contribution in [2.75, 3.05) is 6.61 Å². The molecule has 0 aliphatic heterocycles. The SMILES string of the molecule is Cc1ccc(-c2ccc(C(=O)NC(C)(C)CO)o2)cc1. The number of furan rings is 1. The van der Waals surface area contributed by atoms with E-state index in [1.807, 2.05) is 31.2 Å². The van der Waals surface area contributed by atoms with Crippen molar-refractivity contribution in [3.8, 4) is 11.3 Å². The molecule has 2 N–H and O–H groups in total. The van der Waals surface area contributed by atoms with Gasteiger partial charge in [-0.15, -0.1) is 0 Å². The zero-order valence-electron chi connectivity index (χ0n) is 11.9. The topological polar surface area (TPSA) is 62.5 Å². The van der Waals surface area contributed by atoms with Gasteiger partial charge in [0.1, 0.15) is 5.76 Å². The number of hydrogen-bond acceptors (Lipinski definition) is 3. The first-order chi connectivity index (χ1) is 9.41. The van der Waals surface area contributed by atoms with Crippen molar-refractivity contribution in [1.82, 2.24) is 5.32 Å². The summed E-state index contributed by atoms with van der Waals surface area (Å²) < 4.78 is 5.57. The van der Waals surface area contributed by atoms with Crippen LogP contribution in [0.4, 0.5) is 0 Å². The summed E-state index contributed by atoms with van der Waals surface area (Å²) in [6, 6.07) is 11.3. The molecule has 0 saturated carbocycles. The maximum absolute atomic E-state index is 12.0. The lowest BCUT2D eigenvalue weighted by Crippen LogP contribution is -2.46. The number of carbonyl (C=O) groups is 1. The van der Waals surface area contributed by atoms with Crippen molar-refractivity contribution >= 4 is 5.91 Å². The van der Waals surface area contributed by atoms with E-state index >= 15 is 0 Å². The Morgan fingerprint density at radius 2 is 1.85 bits per heavy atom. The highest BCUT2D eigenvalue weighted by atomic mass is 16.4. The van der Waals surface area contributed by atoms with E-state index in [0.717, 1.165) is 5.56 Å². The van der Waals surface area contributed by atoms with Gasteiger partial charge in [0.05, 0.1) is 12.1 Å². The van der Waals surface area contributed by atoms with Crippen LogP contribution >= 0.6 is 0 Å². The molecule has 106 valence electrons. The fourth-order valence-electron chi connectivity index (χ4n) is 1.74. The lowest BCUT2D eigenvalue weighted by atomic mass is 10.1. The van der Waals surface area contributed by atoms with Gasteiger partial charge in [-0.25, -0.2) is 0 Å². The minimum atomic E-state index is -0.673. The number of rotatable bonds is 4. The van der Waals surface area contributed by atoms with Gasteiger partial charge in [-0.2, -0.15) is 0 Å². The predicted molar refractivity (Wildman–Crippen MR) is 77.5 cm³/mol. The maximum Gasteiger partial charge on any atom is 0.287 e. The lowest BCUT2D eigenvalue weighted by Gasteiger charge is -2.22. The molecule has 0 bridgehead atoms. The van der Waals surface area contributed by atoms with Crippen LogP contribution in [0, 0.1) is 6.92 Å². The molecule has 2 rings (SSSR count). The molecule has 0 aliphatic carbocycles. The Labute approximate surface area is 118 Å². The molecule has 0 spiro atoms. The molecule has 20 heavy (non-hydrogen) atoms. The molecule has 0 radical (unpaired) electrons. The Hall–Kier alpha value is -2.07. The summed E-state index contributed by atoms with van der Waals surface area (Å²) in [5.74, 6) is 0.557. The van der Waals surface area contributed by atoms with Crippen LogP contribution in [0.15, 0.2) is 40.8 Å². The minimum absolute atomic E-state index is 0.135. The first-order valence-electron chi connectivity index (χ1n) is 6.51. The number of aliphatic hydroxyl groups excluding tert-OH is 1. The molecule has 0 unspecified atom stereocenters. The average Bonchev–Trinajstić information content (AvgIpc) is 2.89. The average molecular weight is 273 g/mol. The first kappa shape index (κ1) is 14.3. The number of benzene rings is 1. The fraction of sp³-hybridized carbons (Fsp3) is 0.312. The third-order valence-corrected chi connectivity index (χ3v) is 3.01. The molecule has 4 nitrogen and oxygen atoms in total. The molecule has 1 amide bonds. The van der Waals surface area contributed by atoms with E-state index < -0.39 is 5.54 Å². The second-order valence-electron chi connectivity index (χ2n) is 5.53. The molecule has 4 heteroatoms. The molecule has 1 heterocycles. The summed E-state index contributed by atoms with van der Waals surface area (Å²) >= 11 is 0. The van der Waals surface area contributed by atoms with Crippen LogP contribution in [0.25, 0.3) is 11.3 Å². The smallest absolute Gasteiger partial charge is 0.287 e. The lowest BCUT2D eigenvalue weighted by molar-refractivity contribution is 0.0842. The molecule has 1 aromatic heterocycles. The second-order valence-corrected chi connectivity index (χ2v) is 5.53. The molecule has 2 aromatic rings. The summed E-state index contributed by atoms with van der Waals surface area (Å²) in [4.78, 5) is 12.0. The predicted octanol–water partition coefficient (Wildman–Crippen LogP) is 2.76. The van der Waals surface area contributed by atoms with Crippen molar-refractivity contribution < 1.29 is 14.3 Å². The molecule has 0 fully saturated rings. The maximum atomic E-state index is 12.0. The van der Waals surface area contributed by atoms with Crippen LogP contribution in [0.1, 0.15) is 30.0 Å². The zero-order chi connectivity index (χ0) is 14.8. The number of aryl methyl sites for hydroxylation is 1. The molecular formula is C16H19NO3. The highest BCUT2D eigenvalue weighted by Crippen LogP contribution is 2.22. The summed E-state index contributed by atoms with van der Waals surface area (Å²) in [6.45, 7) is 5.37. The third kappa shape index (κ3) is 3.27. The molecule has 1 aromatic carbocycles. The van der Waals surface area contributed by atoms with Gasteiger partial charge in [-0.05, 0) is 32.9 Å². The highest BCUT2D eigenvalue weighted by Gasteiger charge is 2.22. The summed E-state index contributed by atoms with van der Waals surface area (Å²) in [7, 11) is 0. The van der Waals surface area contributed by atoms with Crippen LogP contribution in [0.3, 0.4) is 0 Å². The number of nitrogens with one attached hydrogen (secondary N) is 1. The fourth-order valence-corrected chi connectivity index (χ4v) is 1.74. The monoisotopic (exact) mass is 273 g/mol. The molecule has 0 aliphatic rings. The van der Waals surface area contributed by atoms with E-state index in [4.69, 9.17) is 9.52 Å². The molecule has 0 saturated heterocycles. The Morgan fingerprint density at radius 3 is 2.45 bits per heavy atom. The van der Waals surface area contributed by atoms with Crippen LogP contribution in [-0.4, -0.2) is 23.2 Å². The van der Waals surface area contributed by atoms with Gasteiger partial charge in [0.2, 0.25) is 0 Å². The number of carbonyl (C=O) groups excluding carboxylic acids is 1. The Morgan fingerprint density at radius 1 is 1.20 bits per heavy atom. The Kier molecular flexibility index (Phi) is 3.95.